The third kappa shape index (κ3) is 3.02. The quantitative estimate of drug-likeness (QED) is 0.816. The van der Waals surface area contributed by atoms with Gasteiger partial charge in [0.15, 0.2) is 0 Å². The maximum atomic E-state index is 11.8. The second-order valence-corrected chi connectivity index (χ2v) is 4.84. The Kier molecular flexibility index (Phi) is 3.71. The molecule has 1 aliphatic rings. The lowest BCUT2D eigenvalue weighted by molar-refractivity contribution is 0.0472. The number of ether oxygens (including phenoxy) is 1. The Bertz CT molecular complexity index is 392. The first-order valence-electron chi connectivity index (χ1n) is 6.26. The van der Waals surface area contributed by atoms with Gasteiger partial charge < -0.3 is 15.0 Å². The van der Waals surface area contributed by atoms with Crippen LogP contribution in [-0.4, -0.2) is 17.1 Å². The van der Waals surface area contributed by atoms with Crippen LogP contribution < -0.4 is 5.73 Å². The fraction of sp³-hybridized carbons (Fsp3) is 0.615. The monoisotopic (exact) mass is 236 g/mol. The van der Waals surface area contributed by atoms with Crippen LogP contribution in [0.25, 0.3) is 0 Å². The highest BCUT2D eigenvalue weighted by Gasteiger charge is 2.16. The fourth-order valence-electron chi connectivity index (χ4n) is 2.48. The molecule has 0 atom stereocenters. The molecule has 0 spiro atoms. The van der Waals surface area contributed by atoms with Gasteiger partial charge in [-0.1, -0.05) is 25.7 Å². The molecule has 17 heavy (non-hydrogen) atoms. The Morgan fingerprint density at radius 3 is 2.82 bits per heavy atom. The van der Waals surface area contributed by atoms with Crippen molar-refractivity contribution in [2.24, 2.45) is 13.0 Å². The summed E-state index contributed by atoms with van der Waals surface area (Å²) >= 11 is 0. The van der Waals surface area contributed by atoms with Crippen molar-refractivity contribution in [3.05, 3.63) is 18.0 Å². The van der Waals surface area contributed by atoms with Crippen LogP contribution in [-0.2, 0) is 11.8 Å². The molecule has 0 unspecified atom stereocenters. The topological polar surface area (TPSA) is 57.2 Å². The van der Waals surface area contributed by atoms with Gasteiger partial charge in [0.2, 0.25) is 0 Å². The van der Waals surface area contributed by atoms with Crippen molar-refractivity contribution in [1.82, 2.24) is 4.57 Å². The van der Waals surface area contributed by atoms with Gasteiger partial charge in [0.25, 0.3) is 0 Å². The Hall–Kier alpha value is -1.45. The van der Waals surface area contributed by atoms with Crippen molar-refractivity contribution in [3.63, 3.8) is 0 Å². The molecular formula is C13H20N2O2. The Balaban J connectivity index is 1.78. The number of hydrogen-bond donors (Lipinski definition) is 1. The highest BCUT2D eigenvalue weighted by atomic mass is 16.5. The van der Waals surface area contributed by atoms with Crippen LogP contribution in [0.4, 0.5) is 5.69 Å². The first-order valence-corrected chi connectivity index (χ1v) is 6.26. The predicted octanol–water partition coefficient (Wildman–Crippen LogP) is 2.34. The van der Waals surface area contributed by atoms with Gasteiger partial charge in [-0.2, -0.15) is 0 Å². The standard InChI is InChI=1S/C13H20N2O2/c1-15-9-11(14)8-12(15)13(16)17-7-6-10-4-2-3-5-10/h8-10H,2-7,14H2,1H3. The van der Waals surface area contributed by atoms with E-state index in [0.29, 0.717) is 18.0 Å². The minimum absolute atomic E-state index is 0.276. The number of esters is 1. The summed E-state index contributed by atoms with van der Waals surface area (Å²) in [5, 5.41) is 0. The van der Waals surface area contributed by atoms with Gasteiger partial charge in [0.05, 0.1) is 12.3 Å². The molecule has 0 saturated heterocycles. The Morgan fingerprint density at radius 1 is 1.53 bits per heavy atom. The molecule has 2 rings (SSSR count). The van der Waals surface area contributed by atoms with E-state index in [9.17, 15) is 4.79 Å². The molecule has 2 N–H and O–H groups in total. The molecular weight excluding hydrogens is 216 g/mol. The number of nitrogens with zero attached hydrogens (tertiary/aromatic N) is 1. The molecule has 4 nitrogen and oxygen atoms in total. The number of hydrogen-bond acceptors (Lipinski definition) is 3. The average molecular weight is 236 g/mol. The first-order chi connectivity index (χ1) is 8.16. The number of carbonyl (C=O) groups excluding carboxylic acids is 1. The van der Waals surface area contributed by atoms with Gasteiger partial charge in [0.1, 0.15) is 5.69 Å². The molecule has 1 aromatic rings. The van der Waals surface area contributed by atoms with Crippen LogP contribution in [0.3, 0.4) is 0 Å². The third-order valence-corrected chi connectivity index (χ3v) is 3.47. The van der Waals surface area contributed by atoms with E-state index >= 15 is 0 Å². The number of carbonyl (C=O) groups is 1. The summed E-state index contributed by atoms with van der Waals surface area (Å²) in [4.78, 5) is 11.8. The summed E-state index contributed by atoms with van der Waals surface area (Å²) < 4.78 is 6.97. The highest BCUT2D eigenvalue weighted by molar-refractivity contribution is 5.89. The molecule has 0 aromatic carbocycles. The lowest BCUT2D eigenvalue weighted by Crippen LogP contribution is -2.12. The highest BCUT2D eigenvalue weighted by Crippen LogP contribution is 2.27. The van der Waals surface area contributed by atoms with Crippen LogP contribution in [0.15, 0.2) is 12.3 Å². The van der Waals surface area contributed by atoms with Crippen molar-refractivity contribution < 1.29 is 9.53 Å². The number of anilines is 1. The molecule has 1 saturated carbocycles. The number of aryl methyl sites for hydroxylation is 1. The summed E-state index contributed by atoms with van der Waals surface area (Å²) in [6.07, 6.45) is 7.93. The Labute approximate surface area is 102 Å². The molecule has 1 aromatic heterocycles. The summed E-state index contributed by atoms with van der Waals surface area (Å²) in [5.41, 5.74) is 6.73. The Morgan fingerprint density at radius 2 is 2.24 bits per heavy atom. The number of nitrogens with two attached hydrogens (primary N) is 1. The molecule has 0 radical (unpaired) electrons. The van der Waals surface area contributed by atoms with E-state index < -0.39 is 0 Å². The zero-order valence-electron chi connectivity index (χ0n) is 10.3. The van der Waals surface area contributed by atoms with Gasteiger partial charge in [-0.25, -0.2) is 4.79 Å². The van der Waals surface area contributed by atoms with Gasteiger partial charge in [-0.15, -0.1) is 0 Å². The van der Waals surface area contributed by atoms with Gasteiger partial charge >= 0.3 is 5.97 Å². The van der Waals surface area contributed by atoms with Gasteiger partial charge in [-0.05, 0) is 18.4 Å². The van der Waals surface area contributed by atoms with E-state index in [0.717, 1.165) is 12.3 Å². The minimum atomic E-state index is -0.276. The molecule has 0 amide bonds. The van der Waals surface area contributed by atoms with Crippen LogP contribution >= 0.6 is 0 Å². The molecule has 0 bridgehead atoms. The SMILES string of the molecule is Cn1cc(N)cc1C(=O)OCCC1CCCC1. The predicted molar refractivity (Wildman–Crippen MR) is 66.7 cm³/mol. The number of rotatable bonds is 4. The third-order valence-electron chi connectivity index (χ3n) is 3.47. The molecule has 1 fully saturated rings. The van der Waals surface area contributed by atoms with Crippen molar-refractivity contribution >= 4 is 11.7 Å². The smallest absolute Gasteiger partial charge is 0.355 e. The van der Waals surface area contributed by atoms with Crippen LogP contribution in [0.2, 0.25) is 0 Å². The van der Waals surface area contributed by atoms with Crippen LogP contribution in [0, 0.1) is 5.92 Å². The zero-order valence-corrected chi connectivity index (χ0v) is 10.3. The van der Waals surface area contributed by atoms with Gasteiger partial charge in [-0.3, -0.25) is 0 Å². The van der Waals surface area contributed by atoms with E-state index in [-0.39, 0.29) is 5.97 Å². The minimum Gasteiger partial charge on any atom is -0.461 e. The summed E-state index contributed by atoms with van der Waals surface area (Å²) in [5.74, 6) is 0.475. The fourth-order valence-corrected chi connectivity index (χ4v) is 2.48. The number of aromatic nitrogens is 1. The molecule has 1 heterocycles. The van der Waals surface area contributed by atoms with Gasteiger partial charge in [0, 0.05) is 13.2 Å². The summed E-state index contributed by atoms with van der Waals surface area (Å²) in [7, 11) is 1.80. The second kappa shape index (κ2) is 5.25. The van der Waals surface area contributed by atoms with E-state index in [2.05, 4.69) is 0 Å². The van der Waals surface area contributed by atoms with Crippen LogP contribution in [0.5, 0.6) is 0 Å². The molecule has 94 valence electrons. The first kappa shape index (κ1) is 12.0. The van der Waals surface area contributed by atoms with E-state index in [1.54, 1.807) is 23.9 Å². The van der Waals surface area contributed by atoms with Crippen molar-refractivity contribution in [1.29, 1.82) is 0 Å². The lowest BCUT2D eigenvalue weighted by Gasteiger charge is -2.09. The maximum absolute atomic E-state index is 11.8. The lowest BCUT2D eigenvalue weighted by atomic mass is 10.1. The van der Waals surface area contributed by atoms with Crippen molar-refractivity contribution in [2.75, 3.05) is 12.3 Å². The maximum Gasteiger partial charge on any atom is 0.355 e. The molecule has 1 aliphatic carbocycles. The van der Waals surface area contributed by atoms with Crippen LogP contribution in [0.1, 0.15) is 42.6 Å². The summed E-state index contributed by atoms with van der Waals surface area (Å²) in [6, 6.07) is 1.65. The van der Waals surface area contributed by atoms with Crippen molar-refractivity contribution in [2.45, 2.75) is 32.1 Å². The average Bonchev–Trinajstić information content (AvgIpc) is 2.88. The zero-order chi connectivity index (χ0) is 12.3. The summed E-state index contributed by atoms with van der Waals surface area (Å²) in [6.45, 7) is 0.522. The van der Waals surface area contributed by atoms with E-state index in [1.807, 2.05) is 0 Å². The second-order valence-electron chi connectivity index (χ2n) is 4.84. The largest absolute Gasteiger partial charge is 0.461 e. The molecule has 0 aliphatic heterocycles. The normalized spacial score (nSPS) is 16.3. The number of nitrogen functional groups attached to an aromatic ring is 1. The molecule has 4 heteroatoms. The van der Waals surface area contributed by atoms with E-state index in [1.165, 1.54) is 25.7 Å². The van der Waals surface area contributed by atoms with E-state index in [4.69, 9.17) is 10.5 Å². The van der Waals surface area contributed by atoms with Crippen molar-refractivity contribution in [3.8, 4) is 0 Å².